The topological polar surface area (TPSA) is 40.5 Å². The van der Waals surface area contributed by atoms with Crippen molar-refractivity contribution in [2.24, 2.45) is 5.92 Å². The fraction of sp³-hybridized carbons (Fsp3) is 1.00. The molecule has 0 saturated heterocycles. The molecule has 0 aromatic heterocycles. The zero-order valence-corrected chi connectivity index (χ0v) is 7.71. The van der Waals surface area contributed by atoms with Crippen molar-refractivity contribution < 1.29 is 10.2 Å². The van der Waals surface area contributed by atoms with Crippen molar-refractivity contribution in [1.82, 2.24) is 0 Å². The Labute approximate surface area is 74.6 Å². The standard InChI is InChI=1S/C10H20O2/c11-8-4-3-7-10(12)9-5-1-2-6-9/h9-12H,1-8H2/t10-/m0/s1. The second kappa shape index (κ2) is 5.55. The maximum absolute atomic E-state index is 9.69. The minimum atomic E-state index is -0.0981. The van der Waals surface area contributed by atoms with E-state index in [-0.39, 0.29) is 12.7 Å². The maximum Gasteiger partial charge on any atom is 0.0568 e. The Hall–Kier alpha value is -0.0800. The van der Waals surface area contributed by atoms with E-state index in [1.54, 1.807) is 0 Å². The molecule has 1 aliphatic carbocycles. The van der Waals surface area contributed by atoms with Gasteiger partial charge in [0.05, 0.1) is 6.10 Å². The van der Waals surface area contributed by atoms with Crippen LogP contribution in [0.3, 0.4) is 0 Å². The van der Waals surface area contributed by atoms with Gasteiger partial charge in [0, 0.05) is 6.61 Å². The van der Waals surface area contributed by atoms with E-state index in [1.165, 1.54) is 25.7 Å². The third-order valence-corrected chi connectivity index (χ3v) is 2.85. The second-order valence-corrected chi connectivity index (χ2v) is 3.83. The molecular formula is C10H20O2. The first kappa shape index (κ1) is 10.0. The summed E-state index contributed by atoms with van der Waals surface area (Å²) < 4.78 is 0. The highest BCUT2D eigenvalue weighted by molar-refractivity contribution is 4.74. The van der Waals surface area contributed by atoms with Crippen LogP contribution in [0.15, 0.2) is 0 Å². The van der Waals surface area contributed by atoms with Gasteiger partial charge in [0.15, 0.2) is 0 Å². The molecule has 0 spiro atoms. The Morgan fingerprint density at radius 3 is 2.42 bits per heavy atom. The first-order chi connectivity index (χ1) is 5.84. The molecule has 0 aromatic rings. The van der Waals surface area contributed by atoms with Gasteiger partial charge in [0.1, 0.15) is 0 Å². The van der Waals surface area contributed by atoms with Crippen LogP contribution in [0.5, 0.6) is 0 Å². The van der Waals surface area contributed by atoms with Gasteiger partial charge in [-0.15, -0.1) is 0 Å². The molecular weight excluding hydrogens is 152 g/mol. The number of hydrogen-bond acceptors (Lipinski definition) is 2. The van der Waals surface area contributed by atoms with E-state index in [9.17, 15) is 5.11 Å². The number of rotatable bonds is 5. The van der Waals surface area contributed by atoms with E-state index in [0.717, 1.165) is 19.3 Å². The lowest BCUT2D eigenvalue weighted by molar-refractivity contribution is 0.0972. The second-order valence-electron chi connectivity index (χ2n) is 3.83. The molecule has 0 bridgehead atoms. The van der Waals surface area contributed by atoms with Gasteiger partial charge in [0.25, 0.3) is 0 Å². The molecule has 1 atom stereocenters. The smallest absolute Gasteiger partial charge is 0.0568 e. The summed E-state index contributed by atoms with van der Waals surface area (Å²) in [6, 6.07) is 0. The first-order valence-corrected chi connectivity index (χ1v) is 5.13. The molecule has 2 heteroatoms. The molecule has 0 amide bonds. The van der Waals surface area contributed by atoms with Crippen LogP contribution >= 0.6 is 0 Å². The summed E-state index contributed by atoms with van der Waals surface area (Å²) in [6.45, 7) is 0.261. The van der Waals surface area contributed by atoms with Crippen molar-refractivity contribution in [2.75, 3.05) is 6.61 Å². The fourth-order valence-electron chi connectivity index (χ4n) is 2.04. The Bertz CT molecular complexity index is 108. The van der Waals surface area contributed by atoms with E-state index in [4.69, 9.17) is 5.11 Å². The lowest BCUT2D eigenvalue weighted by Crippen LogP contribution is -2.17. The zero-order chi connectivity index (χ0) is 8.81. The number of aliphatic hydroxyl groups excluding tert-OH is 2. The van der Waals surface area contributed by atoms with E-state index in [0.29, 0.717) is 5.92 Å². The Kier molecular flexibility index (Phi) is 4.62. The molecule has 0 aliphatic heterocycles. The predicted molar refractivity (Wildman–Crippen MR) is 48.9 cm³/mol. The number of unbranched alkanes of at least 4 members (excludes halogenated alkanes) is 1. The molecule has 1 saturated carbocycles. The molecule has 2 nitrogen and oxygen atoms in total. The van der Waals surface area contributed by atoms with E-state index in [2.05, 4.69) is 0 Å². The Morgan fingerprint density at radius 2 is 1.83 bits per heavy atom. The van der Waals surface area contributed by atoms with E-state index < -0.39 is 0 Å². The summed E-state index contributed by atoms with van der Waals surface area (Å²) in [5, 5.41) is 18.3. The molecule has 0 aromatic carbocycles. The van der Waals surface area contributed by atoms with Gasteiger partial charge in [-0.3, -0.25) is 0 Å². The van der Waals surface area contributed by atoms with E-state index in [1.807, 2.05) is 0 Å². The normalized spacial score (nSPS) is 21.5. The third-order valence-electron chi connectivity index (χ3n) is 2.85. The third kappa shape index (κ3) is 3.11. The predicted octanol–water partition coefficient (Wildman–Crippen LogP) is 1.70. The van der Waals surface area contributed by atoms with Gasteiger partial charge >= 0.3 is 0 Å². The molecule has 0 radical (unpaired) electrons. The van der Waals surface area contributed by atoms with Crippen LogP contribution in [0.2, 0.25) is 0 Å². The first-order valence-electron chi connectivity index (χ1n) is 5.13. The molecule has 2 N–H and O–H groups in total. The van der Waals surface area contributed by atoms with Crippen molar-refractivity contribution >= 4 is 0 Å². The highest BCUT2D eigenvalue weighted by atomic mass is 16.3. The van der Waals surface area contributed by atoms with Crippen molar-refractivity contribution in [1.29, 1.82) is 0 Å². The van der Waals surface area contributed by atoms with Gasteiger partial charge in [0.2, 0.25) is 0 Å². The van der Waals surface area contributed by atoms with E-state index >= 15 is 0 Å². The lowest BCUT2D eigenvalue weighted by atomic mass is 9.96. The minimum Gasteiger partial charge on any atom is -0.396 e. The van der Waals surface area contributed by atoms with Gasteiger partial charge in [-0.1, -0.05) is 12.8 Å². The van der Waals surface area contributed by atoms with Crippen LogP contribution in [0, 0.1) is 5.92 Å². The van der Waals surface area contributed by atoms with Crippen molar-refractivity contribution in [3.63, 3.8) is 0 Å². The summed E-state index contributed by atoms with van der Waals surface area (Å²) in [4.78, 5) is 0. The number of aliphatic hydroxyl groups is 2. The summed E-state index contributed by atoms with van der Waals surface area (Å²) in [7, 11) is 0. The van der Waals surface area contributed by atoms with Gasteiger partial charge in [-0.2, -0.15) is 0 Å². The average Bonchev–Trinajstić information content (AvgIpc) is 2.56. The van der Waals surface area contributed by atoms with Crippen LogP contribution in [-0.2, 0) is 0 Å². The minimum absolute atomic E-state index is 0.0981. The van der Waals surface area contributed by atoms with Crippen molar-refractivity contribution in [2.45, 2.75) is 51.0 Å². The Balaban J connectivity index is 2.05. The summed E-state index contributed by atoms with van der Waals surface area (Å²) >= 11 is 0. The van der Waals surface area contributed by atoms with Crippen LogP contribution in [0.1, 0.15) is 44.9 Å². The number of hydrogen-bond donors (Lipinski definition) is 2. The summed E-state index contributed by atoms with van der Waals surface area (Å²) in [5.74, 6) is 0.559. The molecule has 1 rings (SSSR count). The Morgan fingerprint density at radius 1 is 1.17 bits per heavy atom. The maximum atomic E-state index is 9.69. The molecule has 72 valence electrons. The monoisotopic (exact) mass is 172 g/mol. The molecule has 0 unspecified atom stereocenters. The highest BCUT2D eigenvalue weighted by Gasteiger charge is 2.22. The van der Waals surface area contributed by atoms with Crippen LogP contribution < -0.4 is 0 Å². The van der Waals surface area contributed by atoms with Gasteiger partial charge in [-0.25, -0.2) is 0 Å². The van der Waals surface area contributed by atoms with Crippen LogP contribution in [-0.4, -0.2) is 22.9 Å². The molecule has 1 fully saturated rings. The lowest BCUT2D eigenvalue weighted by Gasteiger charge is -2.16. The average molecular weight is 172 g/mol. The molecule has 1 aliphatic rings. The zero-order valence-electron chi connectivity index (χ0n) is 7.71. The highest BCUT2D eigenvalue weighted by Crippen LogP contribution is 2.29. The largest absolute Gasteiger partial charge is 0.396 e. The van der Waals surface area contributed by atoms with Crippen LogP contribution in [0.4, 0.5) is 0 Å². The SMILES string of the molecule is OCCCC[C@H](O)C1CCCC1. The fourth-order valence-corrected chi connectivity index (χ4v) is 2.04. The van der Waals surface area contributed by atoms with Crippen molar-refractivity contribution in [3.05, 3.63) is 0 Å². The van der Waals surface area contributed by atoms with Crippen LogP contribution in [0.25, 0.3) is 0 Å². The summed E-state index contributed by atoms with van der Waals surface area (Å²) in [5.41, 5.74) is 0. The van der Waals surface area contributed by atoms with Crippen molar-refractivity contribution in [3.8, 4) is 0 Å². The molecule has 12 heavy (non-hydrogen) atoms. The summed E-state index contributed by atoms with van der Waals surface area (Å²) in [6.07, 6.45) is 7.59. The quantitative estimate of drug-likeness (QED) is 0.620. The van der Waals surface area contributed by atoms with Gasteiger partial charge in [-0.05, 0) is 38.0 Å². The van der Waals surface area contributed by atoms with Gasteiger partial charge < -0.3 is 10.2 Å². The molecule has 0 heterocycles.